The van der Waals surface area contributed by atoms with Crippen LogP contribution in [-0.2, 0) is 4.79 Å². The Bertz CT molecular complexity index is 498. The van der Waals surface area contributed by atoms with Crippen molar-refractivity contribution < 1.29 is 4.79 Å². The number of carbonyl (C=O) groups excluding carboxylic acids is 1. The van der Waals surface area contributed by atoms with Crippen LogP contribution in [0.15, 0.2) is 4.99 Å². The van der Waals surface area contributed by atoms with E-state index in [2.05, 4.69) is 22.5 Å². The van der Waals surface area contributed by atoms with E-state index in [0.717, 1.165) is 57.1 Å². The van der Waals surface area contributed by atoms with Crippen molar-refractivity contribution in [1.82, 2.24) is 20.4 Å². The molecule has 26 heavy (non-hydrogen) atoms. The molecule has 6 heteroatoms. The zero-order valence-corrected chi connectivity index (χ0v) is 16.8. The number of carbonyl (C=O) groups is 1. The predicted molar refractivity (Wildman–Crippen MR) is 106 cm³/mol. The highest BCUT2D eigenvalue weighted by molar-refractivity contribution is 5.81. The third-order valence-corrected chi connectivity index (χ3v) is 5.59. The average Bonchev–Trinajstić information content (AvgIpc) is 3.53. The van der Waals surface area contributed by atoms with Gasteiger partial charge in [0, 0.05) is 50.7 Å². The molecule has 2 aliphatic carbocycles. The third-order valence-electron chi connectivity index (χ3n) is 5.59. The van der Waals surface area contributed by atoms with E-state index >= 15 is 0 Å². The van der Waals surface area contributed by atoms with E-state index in [0.29, 0.717) is 6.04 Å². The lowest BCUT2D eigenvalue weighted by Crippen LogP contribution is -2.45. The molecule has 3 fully saturated rings. The lowest BCUT2D eigenvalue weighted by atomic mass is 10.2. The van der Waals surface area contributed by atoms with E-state index < -0.39 is 0 Å². The molecule has 0 radical (unpaired) electrons. The van der Waals surface area contributed by atoms with Crippen LogP contribution in [0.4, 0.5) is 0 Å². The van der Waals surface area contributed by atoms with E-state index in [1.165, 1.54) is 32.2 Å². The minimum absolute atomic E-state index is 0.0792. The van der Waals surface area contributed by atoms with E-state index in [-0.39, 0.29) is 11.8 Å². The molecular weight excluding hydrogens is 326 g/mol. The normalized spacial score (nSPS) is 23.8. The van der Waals surface area contributed by atoms with Crippen molar-refractivity contribution >= 4 is 11.9 Å². The average molecular weight is 364 g/mol. The van der Waals surface area contributed by atoms with Gasteiger partial charge in [0.2, 0.25) is 5.91 Å². The van der Waals surface area contributed by atoms with E-state index in [9.17, 15) is 4.79 Å². The molecule has 2 saturated carbocycles. The van der Waals surface area contributed by atoms with Gasteiger partial charge < -0.3 is 15.5 Å². The Hall–Kier alpha value is -1.30. The van der Waals surface area contributed by atoms with Crippen LogP contribution in [0.1, 0.15) is 52.9 Å². The van der Waals surface area contributed by atoms with Gasteiger partial charge in [0.1, 0.15) is 0 Å². The van der Waals surface area contributed by atoms with Crippen molar-refractivity contribution in [3.05, 3.63) is 0 Å². The van der Waals surface area contributed by atoms with Crippen LogP contribution in [0.2, 0.25) is 0 Å². The molecular formula is C20H37N5O. The van der Waals surface area contributed by atoms with Crippen LogP contribution >= 0.6 is 0 Å². The van der Waals surface area contributed by atoms with Crippen molar-refractivity contribution in [1.29, 1.82) is 0 Å². The van der Waals surface area contributed by atoms with E-state index in [1.807, 2.05) is 18.7 Å². The van der Waals surface area contributed by atoms with Gasteiger partial charge in [-0.2, -0.15) is 0 Å². The number of nitrogens with one attached hydrogen (secondary N) is 2. The van der Waals surface area contributed by atoms with Crippen molar-refractivity contribution in [3.63, 3.8) is 0 Å². The molecule has 148 valence electrons. The zero-order chi connectivity index (χ0) is 18.5. The van der Waals surface area contributed by atoms with Gasteiger partial charge in [-0.15, -0.1) is 0 Å². The van der Waals surface area contributed by atoms with Gasteiger partial charge in [-0.25, -0.2) is 0 Å². The minimum atomic E-state index is 0.0792. The summed E-state index contributed by atoms with van der Waals surface area (Å²) in [5.41, 5.74) is 0. The largest absolute Gasteiger partial charge is 0.357 e. The van der Waals surface area contributed by atoms with Crippen LogP contribution in [0.5, 0.6) is 0 Å². The van der Waals surface area contributed by atoms with Crippen molar-refractivity contribution in [3.8, 4) is 0 Å². The van der Waals surface area contributed by atoms with Gasteiger partial charge in [0.15, 0.2) is 5.96 Å². The molecule has 0 aromatic heterocycles. The maximum Gasteiger partial charge on any atom is 0.225 e. The number of guanidine groups is 1. The Balaban J connectivity index is 1.45. The van der Waals surface area contributed by atoms with Gasteiger partial charge in [0.25, 0.3) is 0 Å². The van der Waals surface area contributed by atoms with Gasteiger partial charge >= 0.3 is 0 Å². The van der Waals surface area contributed by atoms with Crippen molar-refractivity contribution in [2.24, 2.45) is 16.8 Å². The van der Waals surface area contributed by atoms with Gasteiger partial charge in [-0.1, -0.05) is 13.8 Å². The molecule has 0 spiro atoms. The summed E-state index contributed by atoms with van der Waals surface area (Å²) >= 11 is 0. The summed E-state index contributed by atoms with van der Waals surface area (Å²) < 4.78 is 0. The van der Waals surface area contributed by atoms with E-state index in [1.54, 1.807) is 0 Å². The Morgan fingerprint density at radius 2 is 2.00 bits per heavy atom. The first kappa shape index (κ1) is 19.5. The number of amides is 1. The fraction of sp³-hybridized carbons (Fsp3) is 0.900. The zero-order valence-electron chi connectivity index (χ0n) is 16.8. The molecule has 1 amide bonds. The van der Waals surface area contributed by atoms with Gasteiger partial charge in [-0.3, -0.25) is 14.7 Å². The quantitative estimate of drug-likeness (QED) is 0.483. The second kappa shape index (κ2) is 9.07. The highest BCUT2D eigenvalue weighted by atomic mass is 16.2. The molecule has 6 nitrogen and oxygen atoms in total. The topological polar surface area (TPSA) is 60.0 Å². The summed E-state index contributed by atoms with van der Waals surface area (Å²) in [6.07, 6.45) is 6.58. The van der Waals surface area contributed by atoms with E-state index in [4.69, 9.17) is 4.99 Å². The van der Waals surface area contributed by atoms with Crippen LogP contribution in [0.25, 0.3) is 0 Å². The first-order valence-electron chi connectivity index (χ1n) is 10.6. The molecule has 0 bridgehead atoms. The summed E-state index contributed by atoms with van der Waals surface area (Å²) in [6.45, 7) is 11.7. The Labute approximate surface area is 158 Å². The maximum absolute atomic E-state index is 12.2. The summed E-state index contributed by atoms with van der Waals surface area (Å²) in [5.74, 6) is 2.19. The predicted octanol–water partition coefficient (Wildman–Crippen LogP) is 1.67. The van der Waals surface area contributed by atoms with Crippen LogP contribution < -0.4 is 10.6 Å². The van der Waals surface area contributed by atoms with Crippen molar-refractivity contribution in [2.75, 3.05) is 39.3 Å². The molecule has 0 aromatic carbocycles. The summed E-state index contributed by atoms with van der Waals surface area (Å²) in [7, 11) is 0. The third kappa shape index (κ3) is 5.86. The number of aliphatic imine (C=N–C) groups is 1. The monoisotopic (exact) mass is 363 g/mol. The molecule has 1 aliphatic heterocycles. The second-order valence-corrected chi connectivity index (χ2v) is 8.50. The molecule has 1 saturated heterocycles. The van der Waals surface area contributed by atoms with Gasteiger partial charge in [0.05, 0.1) is 6.54 Å². The summed E-state index contributed by atoms with van der Waals surface area (Å²) in [5, 5.41) is 6.90. The molecule has 0 aromatic rings. The minimum Gasteiger partial charge on any atom is -0.357 e. The lowest BCUT2D eigenvalue weighted by molar-refractivity contribution is -0.133. The smallest absolute Gasteiger partial charge is 0.225 e. The fourth-order valence-corrected chi connectivity index (χ4v) is 3.74. The molecule has 1 atom stereocenters. The van der Waals surface area contributed by atoms with Crippen LogP contribution in [-0.4, -0.2) is 73.0 Å². The number of likely N-dealkylation sites (tertiary alicyclic amines) is 1. The summed E-state index contributed by atoms with van der Waals surface area (Å²) in [4.78, 5) is 21.6. The first-order valence-corrected chi connectivity index (χ1v) is 10.6. The molecule has 2 N–H and O–H groups in total. The highest BCUT2D eigenvalue weighted by Gasteiger charge is 2.33. The van der Waals surface area contributed by atoms with Gasteiger partial charge in [-0.05, 0) is 44.9 Å². The maximum atomic E-state index is 12.2. The number of hydrogen-bond donors (Lipinski definition) is 2. The Morgan fingerprint density at radius 3 is 2.62 bits per heavy atom. The molecule has 1 unspecified atom stereocenters. The molecule has 1 heterocycles. The SMILES string of the molecule is CCNC(=NCCN(CC1CC1)C1CC1)NC1CCN(C(=O)C(C)C)C1. The lowest BCUT2D eigenvalue weighted by Gasteiger charge is -2.22. The van der Waals surface area contributed by atoms with Crippen molar-refractivity contribution in [2.45, 2.75) is 65.0 Å². The molecule has 3 aliphatic rings. The Morgan fingerprint density at radius 1 is 1.23 bits per heavy atom. The second-order valence-electron chi connectivity index (χ2n) is 8.50. The molecule has 3 rings (SSSR count). The number of rotatable bonds is 9. The Kier molecular flexibility index (Phi) is 6.79. The summed E-state index contributed by atoms with van der Waals surface area (Å²) in [6, 6.07) is 1.13. The first-order chi connectivity index (χ1) is 12.6. The standard InChI is InChI=1S/C20H37N5O/c1-4-21-20(23-17-9-11-25(14-17)19(26)15(2)3)22-10-12-24(18-7-8-18)13-16-5-6-16/h15-18H,4-14H2,1-3H3,(H2,21,22,23). The van der Waals surface area contributed by atoms with Crippen LogP contribution in [0.3, 0.4) is 0 Å². The highest BCUT2D eigenvalue weighted by Crippen LogP contribution is 2.34. The number of hydrogen-bond acceptors (Lipinski definition) is 3. The van der Waals surface area contributed by atoms with Crippen LogP contribution in [0, 0.1) is 11.8 Å². The fourth-order valence-electron chi connectivity index (χ4n) is 3.74. The number of nitrogens with zero attached hydrogens (tertiary/aromatic N) is 3.